The fraction of sp³-hybridized carbons (Fsp3) is 0.464. The molecule has 39 heavy (non-hydrogen) atoms. The molecule has 2 N–H and O–H groups in total. The number of ether oxygens (including phenoxy) is 4. The van der Waals surface area contributed by atoms with Crippen LogP contribution in [0.1, 0.15) is 45.3 Å². The van der Waals surface area contributed by atoms with E-state index in [0.717, 1.165) is 19.6 Å². The number of carbonyl (C=O) groups excluding carboxylic acids is 3. The van der Waals surface area contributed by atoms with Crippen molar-refractivity contribution in [2.24, 2.45) is 0 Å². The average molecular weight is 542 g/mol. The number of hydrogen-bond donors (Lipinski definition) is 2. The van der Waals surface area contributed by atoms with Gasteiger partial charge in [0.05, 0.1) is 46.2 Å². The lowest BCUT2D eigenvalue weighted by molar-refractivity contribution is -0.140. The predicted molar refractivity (Wildman–Crippen MR) is 142 cm³/mol. The van der Waals surface area contributed by atoms with Crippen molar-refractivity contribution in [2.45, 2.75) is 26.3 Å². The van der Waals surface area contributed by atoms with Crippen molar-refractivity contribution in [3.63, 3.8) is 0 Å². The van der Waals surface area contributed by atoms with E-state index in [2.05, 4.69) is 9.88 Å². The second kappa shape index (κ2) is 11.9. The lowest BCUT2D eigenvalue weighted by atomic mass is 9.93. The normalized spacial score (nSPS) is 19.4. The van der Waals surface area contributed by atoms with Crippen LogP contribution in [0.4, 0.5) is 0 Å². The summed E-state index contributed by atoms with van der Waals surface area (Å²) in [4.78, 5) is 45.8. The van der Waals surface area contributed by atoms with Crippen molar-refractivity contribution in [1.82, 2.24) is 14.8 Å². The number of carbonyl (C=O) groups is 3. The summed E-state index contributed by atoms with van der Waals surface area (Å²) in [6.07, 6.45) is 0.631. The Morgan fingerprint density at radius 2 is 1.77 bits per heavy atom. The summed E-state index contributed by atoms with van der Waals surface area (Å²) < 4.78 is 21.1. The van der Waals surface area contributed by atoms with Gasteiger partial charge in [0, 0.05) is 37.4 Å². The average Bonchev–Trinajstić information content (AvgIpc) is 3.39. The van der Waals surface area contributed by atoms with Gasteiger partial charge in [-0.2, -0.15) is 0 Å². The summed E-state index contributed by atoms with van der Waals surface area (Å²) in [7, 11) is 4.28. The maximum absolute atomic E-state index is 13.5. The minimum absolute atomic E-state index is 0.0554. The molecular weight excluding hydrogens is 506 g/mol. The molecule has 2 aromatic rings. The number of nitrogens with zero attached hydrogens (tertiary/aromatic N) is 2. The number of Topliss-reactive ketones (excluding diaryl/α,β-unsaturated/α-hetero) is 1. The Balaban J connectivity index is 1.79. The molecule has 11 heteroatoms. The molecule has 0 spiro atoms. The zero-order valence-corrected chi connectivity index (χ0v) is 23.0. The number of hydrogen-bond acceptors (Lipinski definition) is 9. The SMILES string of the molecule is COC(=O)c1[nH]c(C)c(C(O)=C2C(=O)C(=O)N(CCCN3CCOCC3)C2c2ccc(OC)c(OC)c2)c1C. The number of aliphatic hydroxyl groups is 1. The molecule has 11 nitrogen and oxygen atoms in total. The Morgan fingerprint density at radius 3 is 2.41 bits per heavy atom. The molecule has 0 aliphatic carbocycles. The van der Waals surface area contributed by atoms with E-state index in [1.165, 1.54) is 26.2 Å². The Bertz CT molecular complexity index is 1290. The number of methoxy groups -OCH3 is 3. The second-order valence-electron chi connectivity index (χ2n) is 9.53. The molecule has 4 rings (SSSR count). The first-order valence-electron chi connectivity index (χ1n) is 12.8. The molecule has 0 saturated carbocycles. The molecule has 2 aliphatic heterocycles. The van der Waals surface area contributed by atoms with Gasteiger partial charge < -0.3 is 33.9 Å². The van der Waals surface area contributed by atoms with E-state index in [0.29, 0.717) is 54.5 Å². The van der Waals surface area contributed by atoms with Gasteiger partial charge in [0.2, 0.25) is 0 Å². The van der Waals surface area contributed by atoms with E-state index in [-0.39, 0.29) is 22.6 Å². The van der Waals surface area contributed by atoms with Crippen LogP contribution in [-0.4, -0.2) is 98.3 Å². The van der Waals surface area contributed by atoms with Crippen molar-refractivity contribution in [3.8, 4) is 11.5 Å². The van der Waals surface area contributed by atoms with Crippen molar-refractivity contribution in [3.05, 3.63) is 51.9 Å². The van der Waals surface area contributed by atoms with Gasteiger partial charge >= 0.3 is 5.97 Å². The minimum Gasteiger partial charge on any atom is -0.507 e. The molecule has 0 radical (unpaired) electrons. The molecule has 1 aromatic heterocycles. The number of H-pyrrole nitrogens is 1. The number of aliphatic hydroxyl groups excluding tert-OH is 1. The number of aromatic nitrogens is 1. The minimum atomic E-state index is -0.871. The van der Waals surface area contributed by atoms with Crippen molar-refractivity contribution in [2.75, 3.05) is 60.7 Å². The fourth-order valence-corrected chi connectivity index (χ4v) is 5.32. The molecule has 2 saturated heterocycles. The molecule has 2 fully saturated rings. The third kappa shape index (κ3) is 5.37. The van der Waals surface area contributed by atoms with Crippen molar-refractivity contribution >= 4 is 23.4 Å². The molecule has 3 heterocycles. The number of aryl methyl sites for hydroxylation is 1. The molecule has 1 unspecified atom stereocenters. The highest BCUT2D eigenvalue weighted by Gasteiger charge is 2.46. The van der Waals surface area contributed by atoms with Crippen LogP contribution in [0.25, 0.3) is 5.76 Å². The summed E-state index contributed by atoms with van der Waals surface area (Å²) in [5.74, 6) is -1.53. The Hall–Kier alpha value is -3.83. The number of likely N-dealkylation sites (tertiary alicyclic amines) is 1. The smallest absolute Gasteiger partial charge is 0.354 e. The van der Waals surface area contributed by atoms with Crippen LogP contribution >= 0.6 is 0 Å². The first-order chi connectivity index (χ1) is 18.7. The van der Waals surface area contributed by atoms with Gasteiger partial charge in [-0.3, -0.25) is 14.5 Å². The maximum atomic E-state index is 13.5. The predicted octanol–water partition coefficient (Wildman–Crippen LogP) is 2.58. The summed E-state index contributed by atoms with van der Waals surface area (Å²) >= 11 is 0. The third-order valence-corrected chi connectivity index (χ3v) is 7.30. The molecule has 210 valence electrons. The van der Waals surface area contributed by atoms with Crippen LogP contribution in [0, 0.1) is 13.8 Å². The summed E-state index contributed by atoms with van der Waals surface area (Å²) in [5.41, 5.74) is 1.86. The summed E-state index contributed by atoms with van der Waals surface area (Å²) in [6, 6.07) is 4.28. The number of benzene rings is 1. The number of esters is 1. The molecule has 2 aliphatic rings. The maximum Gasteiger partial charge on any atom is 0.354 e. The van der Waals surface area contributed by atoms with E-state index >= 15 is 0 Å². The number of morpholine rings is 1. The van der Waals surface area contributed by atoms with E-state index < -0.39 is 23.7 Å². The zero-order valence-electron chi connectivity index (χ0n) is 23.0. The van der Waals surface area contributed by atoms with Crippen molar-refractivity contribution in [1.29, 1.82) is 0 Å². The highest BCUT2D eigenvalue weighted by Crippen LogP contribution is 2.43. The topological polar surface area (TPSA) is 131 Å². The highest BCUT2D eigenvalue weighted by molar-refractivity contribution is 6.46. The Kier molecular flexibility index (Phi) is 8.61. The first-order valence-corrected chi connectivity index (χ1v) is 12.8. The molecule has 1 aromatic carbocycles. The lowest BCUT2D eigenvalue weighted by Gasteiger charge is -2.29. The van der Waals surface area contributed by atoms with Gasteiger partial charge in [-0.05, 0) is 43.5 Å². The Morgan fingerprint density at radius 1 is 1.08 bits per heavy atom. The second-order valence-corrected chi connectivity index (χ2v) is 9.53. The van der Waals surface area contributed by atoms with Crippen LogP contribution in [0.5, 0.6) is 11.5 Å². The number of aromatic amines is 1. The molecule has 1 amide bonds. The van der Waals surface area contributed by atoms with E-state index in [1.807, 2.05) is 0 Å². The van der Waals surface area contributed by atoms with Crippen LogP contribution in [-0.2, 0) is 19.1 Å². The number of nitrogens with one attached hydrogen (secondary N) is 1. The fourth-order valence-electron chi connectivity index (χ4n) is 5.32. The van der Waals surface area contributed by atoms with Crippen LogP contribution in [0.15, 0.2) is 23.8 Å². The van der Waals surface area contributed by atoms with Gasteiger partial charge in [0.25, 0.3) is 11.7 Å². The number of rotatable bonds is 9. The molecule has 1 atom stereocenters. The first kappa shape index (κ1) is 28.2. The van der Waals surface area contributed by atoms with Gasteiger partial charge in [-0.15, -0.1) is 0 Å². The van der Waals surface area contributed by atoms with Gasteiger partial charge in [-0.1, -0.05) is 6.07 Å². The van der Waals surface area contributed by atoms with E-state index in [9.17, 15) is 19.5 Å². The third-order valence-electron chi connectivity index (χ3n) is 7.30. The van der Waals surface area contributed by atoms with Gasteiger partial charge in [0.1, 0.15) is 11.5 Å². The molecular formula is C28H35N3O8. The van der Waals surface area contributed by atoms with Crippen LogP contribution < -0.4 is 9.47 Å². The number of amides is 1. The van der Waals surface area contributed by atoms with Crippen LogP contribution in [0.3, 0.4) is 0 Å². The summed E-state index contributed by atoms with van der Waals surface area (Å²) in [5, 5.41) is 11.6. The Labute approximate surface area is 227 Å². The largest absolute Gasteiger partial charge is 0.507 e. The number of ketones is 1. The summed E-state index contributed by atoms with van der Waals surface area (Å²) in [6.45, 7) is 7.32. The highest BCUT2D eigenvalue weighted by atomic mass is 16.5. The zero-order chi connectivity index (χ0) is 28.3. The van der Waals surface area contributed by atoms with Gasteiger partial charge in [-0.25, -0.2) is 4.79 Å². The van der Waals surface area contributed by atoms with E-state index in [1.54, 1.807) is 32.0 Å². The lowest BCUT2D eigenvalue weighted by Crippen LogP contribution is -2.39. The van der Waals surface area contributed by atoms with Crippen LogP contribution in [0.2, 0.25) is 0 Å². The van der Waals surface area contributed by atoms with E-state index in [4.69, 9.17) is 18.9 Å². The van der Waals surface area contributed by atoms with Gasteiger partial charge in [0.15, 0.2) is 11.5 Å². The van der Waals surface area contributed by atoms with Crippen molar-refractivity contribution < 1.29 is 38.4 Å². The quantitative estimate of drug-likeness (QED) is 0.213. The monoisotopic (exact) mass is 541 g/mol. The molecule has 0 bridgehead atoms. The standard InChI is InChI=1S/C28H35N3O8/c1-16-21(17(2)29-23(16)28(35)38-5)25(32)22-24(18-7-8-19(36-3)20(15-18)37-4)31(27(34)26(22)33)10-6-9-30-11-13-39-14-12-30/h7-8,15,24,29,32H,6,9-14H2,1-5H3.